The molecular formula is C16H8Cl2N2O2-2. The van der Waals surface area contributed by atoms with Crippen molar-refractivity contribution < 1.29 is 10.2 Å². The van der Waals surface area contributed by atoms with Gasteiger partial charge in [-0.1, -0.05) is 46.8 Å². The number of aromatic nitrogens is 2. The van der Waals surface area contributed by atoms with Crippen LogP contribution in [0.5, 0.6) is 11.5 Å². The van der Waals surface area contributed by atoms with E-state index in [0.29, 0.717) is 31.9 Å². The SMILES string of the molecule is [O-]c1c(-c2[nH]c3cc(Cl)ccc3c2[O-])[nH]c2cc(Cl)ccc12. The molecule has 22 heavy (non-hydrogen) atoms. The molecular weight excluding hydrogens is 323 g/mol. The molecule has 0 bridgehead atoms. The van der Waals surface area contributed by atoms with Gasteiger partial charge in [-0.25, -0.2) is 0 Å². The van der Waals surface area contributed by atoms with Crippen LogP contribution in [0.2, 0.25) is 10.0 Å². The summed E-state index contributed by atoms with van der Waals surface area (Å²) in [4.78, 5) is 5.95. The van der Waals surface area contributed by atoms with Gasteiger partial charge in [-0.05, 0) is 35.0 Å². The minimum Gasteiger partial charge on any atom is -0.871 e. The van der Waals surface area contributed by atoms with Crippen molar-refractivity contribution in [1.82, 2.24) is 9.97 Å². The summed E-state index contributed by atoms with van der Waals surface area (Å²) >= 11 is 11.9. The van der Waals surface area contributed by atoms with Gasteiger partial charge in [0.15, 0.2) is 0 Å². The molecule has 0 amide bonds. The molecule has 2 aromatic carbocycles. The second-order valence-corrected chi connectivity index (χ2v) is 5.91. The van der Waals surface area contributed by atoms with Gasteiger partial charge in [0.2, 0.25) is 0 Å². The van der Waals surface area contributed by atoms with Gasteiger partial charge in [0.25, 0.3) is 0 Å². The Balaban J connectivity index is 2.02. The minimum atomic E-state index is -0.235. The monoisotopic (exact) mass is 330 g/mol. The van der Waals surface area contributed by atoms with E-state index in [1.165, 1.54) is 0 Å². The summed E-state index contributed by atoms with van der Waals surface area (Å²) in [5.74, 6) is -0.470. The lowest BCUT2D eigenvalue weighted by Crippen LogP contribution is -1.95. The zero-order valence-electron chi connectivity index (χ0n) is 11.0. The lowest BCUT2D eigenvalue weighted by atomic mass is 10.2. The van der Waals surface area contributed by atoms with E-state index >= 15 is 0 Å². The summed E-state index contributed by atoms with van der Waals surface area (Å²) in [5, 5.41) is 27.0. The van der Waals surface area contributed by atoms with Crippen molar-refractivity contribution >= 4 is 45.0 Å². The Bertz CT molecular complexity index is 950. The lowest BCUT2D eigenvalue weighted by Gasteiger charge is -2.11. The quantitative estimate of drug-likeness (QED) is 0.557. The molecule has 2 N–H and O–H groups in total. The van der Waals surface area contributed by atoms with Crippen LogP contribution in [0.15, 0.2) is 36.4 Å². The molecule has 6 heteroatoms. The van der Waals surface area contributed by atoms with Crippen molar-refractivity contribution in [2.45, 2.75) is 0 Å². The van der Waals surface area contributed by atoms with Crippen LogP contribution in [-0.2, 0) is 0 Å². The van der Waals surface area contributed by atoms with E-state index in [-0.39, 0.29) is 22.9 Å². The van der Waals surface area contributed by atoms with E-state index < -0.39 is 0 Å². The first-order valence-corrected chi connectivity index (χ1v) is 7.27. The molecule has 0 saturated carbocycles. The molecule has 4 rings (SSSR count). The second-order valence-electron chi connectivity index (χ2n) is 5.04. The summed E-state index contributed by atoms with van der Waals surface area (Å²) in [5.41, 5.74) is 1.66. The van der Waals surface area contributed by atoms with E-state index in [9.17, 15) is 10.2 Å². The van der Waals surface area contributed by atoms with Crippen LogP contribution in [0.3, 0.4) is 0 Å². The number of hydrogen-bond acceptors (Lipinski definition) is 2. The third-order valence-corrected chi connectivity index (χ3v) is 4.15. The summed E-state index contributed by atoms with van der Waals surface area (Å²) in [7, 11) is 0. The zero-order chi connectivity index (χ0) is 15.4. The first-order valence-electron chi connectivity index (χ1n) is 6.51. The number of nitrogens with one attached hydrogen (secondary N) is 2. The van der Waals surface area contributed by atoms with Crippen LogP contribution < -0.4 is 10.2 Å². The number of fused-ring (bicyclic) bond motifs is 2. The summed E-state index contributed by atoms with van der Waals surface area (Å²) in [6.07, 6.45) is 0. The molecule has 4 aromatic rings. The Morgan fingerprint density at radius 1 is 0.682 bits per heavy atom. The van der Waals surface area contributed by atoms with Gasteiger partial charge in [-0.2, -0.15) is 0 Å². The molecule has 4 nitrogen and oxygen atoms in total. The summed E-state index contributed by atoms with van der Waals surface area (Å²) < 4.78 is 0. The smallest absolute Gasteiger partial charge is 0.0544 e. The highest BCUT2D eigenvalue weighted by molar-refractivity contribution is 6.31. The zero-order valence-corrected chi connectivity index (χ0v) is 12.5. The Labute approximate surface area is 134 Å². The van der Waals surface area contributed by atoms with Crippen molar-refractivity contribution in [2.24, 2.45) is 0 Å². The molecule has 0 atom stereocenters. The van der Waals surface area contributed by atoms with Crippen LogP contribution in [0, 0.1) is 0 Å². The molecule has 0 aliphatic rings. The van der Waals surface area contributed by atoms with Crippen molar-refractivity contribution in [1.29, 1.82) is 0 Å². The fourth-order valence-electron chi connectivity index (χ4n) is 2.64. The number of halogens is 2. The van der Waals surface area contributed by atoms with Crippen molar-refractivity contribution in [3.63, 3.8) is 0 Å². The molecule has 2 heterocycles. The fourth-order valence-corrected chi connectivity index (χ4v) is 2.98. The van der Waals surface area contributed by atoms with Crippen LogP contribution in [0.25, 0.3) is 33.2 Å². The highest BCUT2D eigenvalue weighted by atomic mass is 35.5. The highest BCUT2D eigenvalue weighted by Crippen LogP contribution is 2.40. The first-order chi connectivity index (χ1) is 10.5. The Hall–Kier alpha value is -2.30. The number of benzene rings is 2. The third-order valence-electron chi connectivity index (χ3n) is 3.68. The predicted octanol–water partition coefficient (Wildman–Crippen LogP) is 3.77. The average molecular weight is 331 g/mol. The molecule has 0 fully saturated rings. The molecule has 0 unspecified atom stereocenters. The second kappa shape index (κ2) is 4.60. The Morgan fingerprint density at radius 3 is 1.50 bits per heavy atom. The summed E-state index contributed by atoms with van der Waals surface area (Å²) in [6.45, 7) is 0. The van der Waals surface area contributed by atoms with E-state index in [2.05, 4.69) is 9.97 Å². The molecule has 0 spiro atoms. The Morgan fingerprint density at radius 2 is 1.09 bits per heavy atom. The molecule has 0 aliphatic heterocycles. The normalized spacial score (nSPS) is 11.5. The van der Waals surface area contributed by atoms with Gasteiger partial charge in [-0.15, -0.1) is 0 Å². The van der Waals surface area contributed by atoms with Crippen LogP contribution in [-0.4, -0.2) is 9.97 Å². The summed E-state index contributed by atoms with van der Waals surface area (Å²) in [6, 6.07) is 9.89. The number of aromatic amines is 2. The van der Waals surface area contributed by atoms with E-state index in [1.54, 1.807) is 36.4 Å². The maximum absolute atomic E-state index is 12.5. The fraction of sp³-hybridized carbons (Fsp3) is 0. The van der Waals surface area contributed by atoms with Gasteiger partial charge in [-0.3, -0.25) is 0 Å². The third kappa shape index (κ3) is 1.85. The molecule has 2 aromatic heterocycles. The number of hydrogen-bond donors (Lipinski definition) is 2. The molecule has 0 radical (unpaired) electrons. The van der Waals surface area contributed by atoms with Gasteiger partial charge < -0.3 is 20.2 Å². The highest BCUT2D eigenvalue weighted by Gasteiger charge is 2.11. The van der Waals surface area contributed by atoms with Crippen molar-refractivity contribution in [3.8, 4) is 22.9 Å². The number of H-pyrrole nitrogens is 2. The molecule has 110 valence electrons. The van der Waals surface area contributed by atoms with Crippen LogP contribution in [0.1, 0.15) is 0 Å². The van der Waals surface area contributed by atoms with Crippen LogP contribution >= 0.6 is 23.2 Å². The van der Waals surface area contributed by atoms with E-state index in [4.69, 9.17) is 23.2 Å². The van der Waals surface area contributed by atoms with E-state index in [1.807, 2.05) is 0 Å². The molecule has 0 saturated heterocycles. The predicted molar refractivity (Wildman–Crippen MR) is 84.5 cm³/mol. The molecule has 0 aliphatic carbocycles. The largest absolute Gasteiger partial charge is 0.871 e. The maximum Gasteiger partial charge on any atom is 0.0544 e. The van der Waals surface area contributed by atoms with Crippen molar-refractivity contribution in [3.05, 3.63) is 46.4 Å². The van der Waals surface area contributed by atoms with E-state index in [0.717, 1.165) is 0 Å². The van der Waals surface area contributed by atoms with Crippen LogP contribution in [0.4, 0.5) is 0 Å². The van der Waals surface area contributed by atoms with Gasteiger partial charge >= 0.3 is 0 Å². The van der Waals surface area contributed by atoms with Gasteiger partial charge in [0.05, 0.1) is 11.4 Å². The first kappa shape index (κ1) is 13.4. The average Bonchev–Trinajstić information content (AvgIpc) is 2.96. The topological polar surface area (TPSA) is 77.7 Å². The lowest BCUT2D eigenvalue weighted by molar-refractivity contribution is -0.268. The Kier molecular flexibility index (Phi) is 2.79. The maximum atomic E-state index is 12.5. The van der Waals surface area contributed by atoms with Gasteiger partial charge in [0.1, 0.15) is 0 Å². The number of rotatable bonds is 1. The standard InChI is InChI=1S/C16H10Cl2N2O2/c17-7-1-3-9-11(5-7)19-13(15(9)21)14-16(22)10-4-2-8(18)6-12(10)20-14/h1-6,19-22H/p-2. The minimum absolute atomic E-state index is 0.231. The van der Waals surface area contributed by atoms with Gasteiger partial charge in [0, 0.05) is 21.1 Å². The van der Waals surface area contributed by atoms with Crippen molar-refractivity contribution in [2.75, 3.05) is 0 Å².